The van der Waals surface area contributed by atoms with Crippen LogP contribution in [-0.4, -0.2) is 26.3 Å². The molecule has 0 saturated carbocycles. The number of aromatic amines is 1. The summed E-state index contributed by atoms with van der Waals surface area (Å²) in [5.74, 6) is 4.09. The Morgan fingerprint density at radius 3 is 2.77 bits per heavy atom. The summed E-state index contributed by atoms with van der Waals surface area (Å²) in [6, 6.07) is 12.5. The summed E-state index contributed by atoms with van der Waals surface area (Å²) in [7, 11) is -2.44. The Kier molecular flexibility index (Phi) is 4.89. The van der Waals surface area contributed by atoms with Crippen LogP contribution in [0.25, 0.3) is 16.6 Å². The summed E-state index contributed by atoms with van der Waals surface area (Å²) in [6.07, 6.45) is 1.95. The van der Waals surface area contributed by atoms with Crippen LogP contribution in [0.4, 0.5) is 0 Å². The summed E-state index contributed by atoms with van der Waals surface area (Å²) in [6.45, 7) is 3.88. The van der Waals surface area contributed by atoms with E-state index in [1.54, 1.807) is 24.3 Å². The molecule has 0 fully saturated rings. The molecule has 1 unspecified atom stereocenters. The molecule has 1 atom stereocenters. The van der Waals surface area contributed by atoms with E-state index >= 15 is 0 Å². The van der Waals surface area contributed by atoms with E-state index in [9.17, 15) is 9.00 Å². The number of H-pyrrole nitrogens is 1. The molecule has 2 N–H and O–H groups in total. The van der Waals surface area contributed by atoms with Gasteiger partial charge in [0.2, 0.25) is 0 Å². The predicted octanol–water partition coefficient (Wildman–Crippen LogP) is 2.99. The standard InChI is InChI=1S/C19H18ClN3O2S/c1-12(23-26(2,3)25)14-7-8-16-17(11-14)21-18(22-19(16)24)10-13-5-4-6-15(20)9-13/h4-9,11H,1-2,10H2,3H3,(H,23,25)(H,21,22,24). The van der Waals surface area contributed by atoms with Gasteiger partial charge in [0.15, 0.2) is 0 Å². The van der Waals surface area contributed by atoms with Gasteiger partial charge in [-0.15, -0.1) is 0 Å². The molecule has 3 aromatic rings. The van der Waals surface area contributed by atoms with Gasteiger partial charge in [0, 0.05) is 38.7 Å². The third-order valence-electron chi connectivity index (χ3n) is 3.70. The van der Waals surface area contributed by atoms with Gasteiger partial charge in [0.25, 0.3) is 5.56 Å². The number of benzene rings is 2. The first kappa shape index (κ1) is 18.2. The van der Waals surface area contributed by atoms with Crippen molar-refractivity contribution < 1.29 is 4.21 Å². The zero-order valence-corrected chi connectivity index (χ0v) is 15.8. The van der Waals surface area contributed by atoms with Crippen LogP contribution in [0.3, 0.4) is 0 Å². The lowest BCUT2D eigenvalue weighted by Crippen LogP contribution is -2.19. The van der Waals surface area contributed by atoms with Crippen LogP contribution in [0.15, 0.2) is 53.8 Å². The molecule has 1 heterocycles. The Morgan fingerprint density at radius 1 is 1.31 bits per heavy atom. The van der Waals surface area contributed by atoms with E-state index in [0.717, 1.165) is 5.56 Å². The molecule has 0 radical (unpaired) electrons. The lowest BCUT2D eigenvalue weighted by molar-refractivity contribution is 0.682. The largest absolute Gasteiger partial charge is 0.313 e. The monoisotopic (exact) mass is 387 g/mol. The topological polar surface area (TPSA) is 74.8 Å². The highest BCUT2D eigenvalue weighted by Crippen LogP contribution is 2.17. The van der Waals surface area contributed by atoms with Gasteiger partial charge in [0.1, 0.15) is 5.82 Å². The Labute approximate surface area is 156 Å². The van der Waals surface area contributed by atoms with Gasteiger partial charge in [-0.2, -0.15) is 0 Å². The van der Waals surface area contributed by atoms with Crippen LogP contribution in [0.2, 0.25) is 5.02 Å². The number of halogens is 1. The third kappa shape index (κ3) is 4.33. The average molecular weight is 388 g/mol. The molecule has 26 heavy (non-hydrogen) atoms. The molecule has 0 saturated heterocycles. The van der Waals surface area contributed by atoms with Crippen LogP contribution in [-0.2, 0) is 16.1 Å². The van der Waals surface area contributed by atoms with E-state index in [1.807, 2.05) is 18.2 Å². The van der Waals surface area contributed by atoms with Crippen LogP contribution in [0.1, 0.15) is 17.0 Å². The van der Waals surface area contributed by atoms with Gasteiger partial charge in [0.05, 0.1) is 10.9 Å². The third-order valence-corrected chi connectivity index (χ3v) is 4.62. The van der Waals surface area contributed by atoms with Crippen molar-refractivity contribution in [1.82, 2.24) is 14.7 Å². The summed E-state index contributed by atoms with van der Waals surface area (Å²) < 4.78 is 14.6. The molecule has 1 aromatic heterocycles. The smallest absolute Gasteiger partial charge is 0.258 e. The number of rotatable bonds is 5. The minimum absolute atomic E-state index is 0.214. The normalized spacial score (nSPS) is 13.3. The fraction of sp³-hybridized carbons (Fsp3) is 0.105. The maximum Gasteiger partial charge on any atom is 0.258 e. The van der Waals surface area contributed by atoms with Crippen molar-refractivity contribution in [3.63, 3.8) is 0 Å². The van der Waals surface area contributed by atoms with Crippen LogP contribution in [0, 0.1) is 0 Å². The van der Waals surface area contributed by atoms with Crippen LogP contribution in [0.5, 0.6) is 0 Å². The zero-order valence-electron chi connectivity index (χ0n) is 14.2. The van der Waals surface area contributed by atoms with Crippen molar-refractivity contribution in [3.05, 3.63) is 81.4 Å². The second-order valence-corrected chi connectivity index (χ2v) is 8.79. The molecule has 3 rings (SSSR count). The van der Waals surface area contributed by atoms with E-state index in [2.05, 4.69) is 27.1 Å². The second kappa shape index (κ2) is 6.97. The Balaban J connectivity index is 2.00. The molecular weight excluding hydrogens is 370 g/mol. The molecule has 0 bridgehead atoms. The van der Waals surface area contributed by atoms with Crippen molar-refractivity contribution in [3.8, 4) is 0 Å². The van der Waals surface area contributed by atoms with Gasteiger partial charge in [-0.25, -0.2) is 9.19 Å². The Morgan fingerprint density at radius 2 is 2.08 bits per heavy atom. The number of hydrogen-bond donors (Lipinski definition) is 2. The first-order chi connectivity index (χ1) is 12.2. The summed E-state index contributed by atoms with van der Waals surface area (Å²) in [4.78, 5) is 19.7. The first-order valence-electron chi connectivity index (χ1n) is 7.78. The van der Waals surface area contributed by atoms with E-state index in [0.29, 0.717) is 39.4 Å². The van der Waals surface area contributed by atoms with E-state index in [4.69, 9.17) is 11.6 Å². The fourth-order valence-electron chi connectivity index (χ4n) is 2.62. The SMILES string of the molecule is C=C(NS(=C)(C)=O)c1ccc2c(=O)[nH]c(Cc3cccc(Cl)c3)nc2c1. The van der Waals surface area contributed by atoms with E-state index in [-0.39, 0.29) is 5.56 Å². The molecule has 7 heteroatoms. The van der Waals surface area contributed by atoms with Crippen molar-refractivity contribution in [2.45, 2.75) is 6.42 Å². The molecule has 2 aromatic carbocycles. The number of fused-ring (bicyclic) bond motifs is 1. The van der Waals surface area contributed by atoms with E-state index < -0.39 is 9.71 Å². The highest BCUT2D eigenvalue weighted by Gasteiger charge is 2.08. The molecule has 0 aliphatic rings. The first-order valence-corrected chi connectivity index (χ1v) is 10.3. The van der Waals surface area contributed by atoms with Gasteiger partial charge < -0.3 is 9.71 Å². The van der Waals surface area contributed by atoms with Crippen LogP contribution < -0.4 is 10.3 Å². The molecular formula is C19H18ClN3O2S. The highest BCUT2D eigenvalue weighted by atomic mass is 35.5. The van der Waals surface area contributed by atoms with E-state index in [1.165, 1.54) is 6.26 Å². The highest BCUT2D eigenvalue weighted by molar-refractivity contribution is 7.98. The number of aromatic nitrogens is 2. The predicted molar refractivity (Wildman–Crippen MR) is 110 cm³/mol. The molecule has 5 nitrogen and oxygen atoms in total. The summed E-state index contributed by atoms with van der Waals surface area (Å²) >= 11 is 6.01. The lowest BCUT2D eigenvalue weighted by Gasteiger charge is -2.11. The molecule has 134 valence electrons. The lowest BCUT2D eigenvalue weighted by atomic mass is 10.1. The average Bonchev–Trinajstić information content (AvgIpc) is 2.52. The number of nitrogens with one attached hydrogen (secondary N) is 2. The molecule has 0 spiro atoms. The van der Waals surface area contributed by atoms with Crippen molar-refractivity contribution in [1.29, 1.82) is 0 Å². The number of nitrogens with zero attached hydrogens (tertiary/aromatic N) is 1. The maximum atomic E-state index is 12.4. The molecule has 0 aliphatic heterocycles. The quantitative estimate of drug-likeness (QED) is 0.661. The summed E-state index contributed by atoms with van der Waals surface area (Å²) in [5, 5.41) is 1.11. The van der Waals surface area contributed by atoms with Crippen molar-refractivity contribution in [2.24, 2.45) is 0 Å². The van der Waals surface area contributed by atoms with Gasteiger partial charge >= 0.3 is 0 Å². The van der Waals surface area contributed by atoms with Gasteiger partial charge in [-0.3, -0.25) is 4.79 Å². The molecule has 0 amide bonds. The fourth-order valence-corrected chi connectivity index (χ4v) is 3.47. The Bertz CT molecular complexity index is 1170. The zero-order chi connectivity index (χ0) is 18.9. The minimum Gasteiger partial charge on any atom is -0.313 e. The van der Waals surface area contributed by atoms with Gasteiger partial charge in [-0.1, -0.05) is 36.4 Å². The Hall–Kier alpha value is -2.57. The van der Waals surface area contributed by atoms with Crippen molar-refractivity contribution in [2.75, 3.05) is 6.26 Å². The van der Waals surface area contributed by atoms with Crippen molar-refractivity contribution >= 4 is 43.8 Å². The molecule has 0 aliphatic carbocycles. The second-order valence-electron chi connectivity index (χ2n) is 6.14. The van der Waals surface area contributed by atoms with Gasteiger partial charge in [-0.05, 0) is 35.7 Å². The summed E-state index contributed by atoms with van der Waals surface area (Å²) in [5.41, 5.74) is 2.44. The van der Waals surface area contributed by atoms with Crippen LogP contribution >= 0.6 is 11.6 Å². The minimum atomic E-state index is -2.44. The number of hydrogen-bond acceptors (Lipinski definition) is 3. The maximum absolute atomic E-state index is 12.4.